The molecule has 0 aromatic rings. The van der Waals surface area contributed by atoms with Crippen LogP contribution in [0.5, 0.6) is 0 Å². The minimum absolute atomic E-state index is 0.0165. The van der Waals surface area contributed by atoms with Gasteiger partial charge in [0, 0.05) is 12.1 Å². The molecule has 0 aromatic carbocycles. The fourth-order valence-electron chi connectivity index (χ4n) is 2.64. The summed E-state index contributed by atoms with van der Waals surface area (Å²) >= 11 is 0. The van der Waals surface area contributed by atoms with Gasteiger partial charge in [0.15, 0.2) is 0 Å². The number of aliphatic imine (C=N–C) groups is 1. The van der Waals surface area contributed by atoms with Crippen molar-refractivity contribution >= 4 is 19.0 Å². The molecule has 0 bridgehead atoms. The lowest BCUT2D eigenvalue weighted by molar-refractivity contribution is -0.0401. The number of amidine groups is 1. The lowest BCUT2D eigenvalue weighted by Crippen LogP contribution is -2.37. The lowest BCUT2D eigenvalue weighted by Gasteiger charge is -2.31. The number of aliphatic hydroxyl groups is 1. The Morgan fingerprint density at radius 2 is 2.19 bits per heavy atom. The summed E-state index contributed by atoms with van der Waals surface area (Å²) in [5, 5.41) is 10.4. The molecule has 2 aliphatic heterocycles. The summed E-state index contributed by atoms with van der Waals surface area (Å²) < 4.78 is 6.07. The van der Waals surface area contributed by atoms with Crippen LogP contribution in [0.4, 0.5) is 0 Å². The molecule has 6 heteroatoms. The Kier molecular flexibility index (Phi) is 4.66. The second-order valence-electron chi connectivity index (χ2n) is 6.54. The minimum Gasteiger partial charge on any atom is -0.390 e. The quantitative estimate of drug-likeness (QED) is 0.771. The number of nitrogens with two attached hydrogens (primary N) is 1. The highest BCUT2D eigenvalue weighted by Crippen LogP contribution is 2.40. The minimum atomic E-state index is -1.11. The largest absolute Gasteiger partial charge is 0.390 e. The van der Waals surface area contributed by atoms with Gasteiger partial charge in [0.25, 0.3) is 0 Å². The highest BCUT2D eigenvalue weighted by molar-refractivity contribution is 7.72. The van der Waals surface area contributed by atoms with E-state index in [4.69, 9.17) is 10.5 Å². The van der Waals surface area contributed by atoms with E-state index in [1.165, 1.54) is 0 Å². The van der Waals surface area contributed by atoms with E-state index >= 15 is 0 Å². The van der Waals surface area contributed by atoms with E-state index in [2.05, 4.69) is 31.2 Å². The van der Waals surface area contributed by atoms with Crippen LogP contribution in [0.1, 0.15) is 13.3 Å². The van der Waals surface area contributed by atoms with Crippen LogP contribution in [0.25, 0.3) is 0 Å². The molecule has 1 saturated heterocycles. The molecule has 2 heterocycles. The molecule has 3 N–H and O–H groups in total. The third-order valence-electron chi connectivity index (χ3n) is 3.94. The van der Waals surface area contributed by atoms with Gasteiger partial charge in [-0.2, -0.15) is 0 Å². The van der Waals surface area contributed by atoms with Gasteiger partial charge in [0.2, 0.25) is 0 Å². The van der Waals surface area contributed by atoms with Gasteiger partial charge in [0.05, 0.1) is 12.2 Å². The summed E-state index contributed by atoms with van der Waals surface area (Å²) in [6.45, 7) is 9.17. The second kappa shape index (κ2) is 5.99. The normalized spacial score (nSPS) is 33.4. The van der Waals surface area contributed by atoms with E-state index < -0.39 is 13.0 Å². The number of nitrogens with zero attached hydrogens (tertiary/aromatic N) is 2. The summed E-state index contributed by atoms with van der Waals surface area (Å²) in [5.74, 6) is 0.962. The number of ether oxygens (including phenoxy) is 1. The van der Waals surface area contributed by atoms with Gasteiger partial charge >= 0.3 is 0 Å². The Balaban J connectivity index is 2.05. The fraction of sp³-hybridized carbons (Fsp3) is 0.600. The summed E-state index contributed by atoms with van der Waals surface area (Å²) in [7, 11) is 0. The standard InChI is InChI=1S/C15H26N3O2P/c1-10-14(19)12(7-9-21(3,4)5)20-15(10)18-8-6-13(16)17-11(18)2/h6,8,10,12,14-15,19H,2-3,7,9H2,1,4-5H3,(H2,16,17)/t10-,12-,14+,15?/m1/s1. The highest BCUT2D eigenvalue weighted by Gasteiger charge is 2.43. The second-order valence-corrected chi connectivity index (χ2v) is 10.9. The maximum atomic E-state index is 10.4. The van der Waals surface area contributed by atoms with E-state index in [0.29, 0.717) is 11.7 Å². The van der Waals surface area contributed by atoms with Crippen molar-refractivity contribution in [2.45, 2.75) is 31.8 Å². The Hall–Kier alpha value is -1.03. The molecular formula is C15H26N3O2P. The molecule has 0 radical (unpaired) electrons. The number of aliphatic hydroxyl groups excluding tert-OH is 1. The first-order valence-corrected chi connectivity index (χ1v) is 10.2. The molecule has 0 amide bonds. The Bertz CT molecular complexity index is 523. The predicted molar refractivity (Wildman–Crippen MR) is 90.9 cm³/mol. The van der Waals surface area contributed by atoms with Crippen LogP contribution in [0.2, 0.25) is 0 Å². The monoisotopic (exact) mass is 311 g/mol. The third kappa shape index (κ3) is 3.79. The average molecular weight is 311 g/mol. The SMILES string of the molecule is C=C1N=C(N)C=CN1C1O[C@H](CCP(=C)(C)C)[C@@H](O)[C@H]1C. The van der Waals surface area contributed by atoms with Crippen molar-refractivity contribution in [2.75, 3.05) is 19.5 Å². The third-order valence-corrected chi connectivity index (χ3v) is 5.41. The Labute approximate surface area is 127 Å². The molecule has 1 fully saturated rings. The van der Waals surface area contributed by atoms with Crippen LogP contribution in [-0.2, 0) is 4.74 Å². The maximum absolute atomic E-state index is 10.4. The molecule has 0 aliphatic carbocycles. The molecule has 2 rings (SSSR count). The molecule has 5 nitrogen and oxygen atoms in total. The molecule has 0 spiro atoms. The topological polar surface area (TPSA) is 71.1 Å². The van der Waals surface area contributed by atoms with Gasteiger partial charge in [-0.25, -0.2) is 4.99 Å². The smallest absolute Gasteiger partial charge is 0.140 e. The van der Waals surface area contributed by atoms with Crippen LogP contribution in [-0.4, -0.2) is 60.1 Å². The van der Waals surface area contributed by atoms with Gasteiger partial charge in [-0.1, -0.05) is 13.5 Å². The highest BCUT2D eigenvalue weighted by atomic mass is 31.2. The number of rotatable bonds is 4. The van der Waals surface area contributed by atoms with Crippen LogP contribution in [0, 0.1) is 5.92 Å². The van der Waals surface area contributed by atoms with E-state index in [1.807, 2.05) is 18.0 Å². The molecular weight excluding hydrogens is 285 g/mol. The summed E-state index contributed by atoms with van der Waals surface area (Å²) in [5.41, 5.74) is 5.65. The molecule has 0 saturated carbocycles. The predicted octanol–water partition coefficient (Wildman–Crippen LogP) is 1.47. The molecule has 118 valence electrons. The van der Waals surface area contributed by atoms with E-state index in [0.717, 1.165) is 12.6 Å². The van der Waals surface area contributed by atoms with Gasteiger partial charge in [0.1, 0.15) is 17.9 Å². The van der Waals surface area contributed by atoms with Crippen LogP contribution < -0.4 is 5.73 Å². The summed E-state index contributed by atoms with van der Waals surface area (Å²) in [6.07, 6.45) is 8.70. The molecule has 21 heavy (non-hydrogen) atoms. The van der Waals surface area contributed by atoms with Crippen molar-refractivity contribution in [3.8, 4) is 0 Å². The van der Waals surface area contributed by atoms with Crippen molar-refractivity contribution in [1.29, 1.82) is 0 Å². The van der Waals surface area contributed by atoms with Crippen molar-refractivity contribution < 1.29 is 9.84 Å². The fourth-order valence-corrected chi connectivity index (χ4v) is 3.60. The first-order valence-electron chi connectivity index (χ1n) is 7.19. The molecule has 0 aromatic heterocycles. The van der Waals surface area contributed by atoms with Crippen molar-refractivity contribution in [3.63, 3.8) is 0 Å². The molecule has 2 aliphatic rings. The maximum Gasteiger partial charge on any atom is 0.140 e. The van der Waals surface area contributed by atoms with Crippen LogP contribution in [0.3, 0.4) is 0 Å². The zero-order valence-electron chi connectivity index (χ0n) is 13.1. The Morgan fingerprint density at radius 1 is 1.52 bits per heavy atom. The van der Waals surface area contributed by atoms with Gasteiger partial charge in [-0.3, -0.25) is 0 Å². The van der Waals surface area contributed by atoms with E-state index in [9.17, 15) is 5.11 Å². The molecule has 4 atom stereocenters. The summed E-state index contributed by atoms with van der Waals surface area (Å²) in [4.78, 5) is 5.99. The van der Waals surface area contributed by atoms with Crippen molar-refractivity contribution in [2.24, 2.45) is 16.6 Å². The molecule has 1 unspecified atom stereocenters. The zero-order chi connectivity index (χ0) is 15.8. The Morgan fingerprint density at radius 3 is 2.76 bits per heavy atom. The van der Waals surface area contributed by atoms with Crippen LogP contribution in [0.15, 0.2) is 29.7 Å². The average Bonchev–Trinajstić information content (AvgIpc) is 2.64. The van der Waals surface area contributed by atoms with E-state index in [1.54, 1.807) is 6.08 Å². The first kappa shape index (κ1) is 16.3. The first-order chi connectivity index (χ1) is 9.69. The van der Waals surface area contributed by atoms with Crippen molar-refractivity contribution in [1.82, 2.24) is 4.90 Å². The zero-order valence-corrected chi connectivity index (χ0v) is 14.0. The van der Waals surface area contributed by atoms with Gasteiger partial charge in [-0.05, 0) is 32.0 Å². The lowest BCUT2D eigenvalue weighted by atomic mass is 10.00. The van der Waals surface area contributed by atoms with Crippen LogP contribution >= 0.6 is 6.89 Å². The van der Waals surface area contributed by atoms with E-state index in [-0.39, 0.29) is 18.2 Å². The van der Waals surface area contributed by atoms with Gasteiger partial charge in [-0.15, -0.1) is 13.2 Å². The summed E-state index contributed by atoms with van der Waals surface area (Å²) in [6, 6.07) is 0. The van der Waals surface area contributed by atoms with Gasteiger partial charge < -0.3 is 20.5 Å². The van der Waals surface area contributed by atoms with Crippen molar-refractivity contribution in [3.05, 3.63) is 24.7 Å². The number of hydrogen-bond acceptors (Lipinski definition) is 5. The number of hydrogen-bond donors (Lipinski definition) is 2.